The Kier molecular flexibility index (Phi) is 1.94. The summed E-state index contributed by atoms with van der Waals surface area (Å²) in [7, 11) is 0. The summed E-state index contributed by atoms with van der Waals surface area (Å²) in [4.78, 5) is 3.21. The molecule has 3 rings (SSSR count). The molecule has 2 N–H and O–H groups in total. The van der Waals surface area contributed by atoms with Crippen molar-refractivity contribution in [2.24, 2.45) is 5.92 Å². The molecule has 15 heavy (non-hydrogen) atoms. The molecule has 1 aliphatic rings. The van der Waals surface area contributed by atoms with E-state index in [4.69, 9.17) is 0 Å². The topological polar surface area (TPSA) is 27.8 Å². The number of anilines is 1. The number of aromatic nitrogens is 1. The van der Waals surface area contributed by atoms with Crippen LogP contribution in [0.25, 0.3) is 10.9 Å². The normalized spacial score (nSPS) is 25.1. The van der Waals surface area contributed by atoms with Crippen LogP contribution in [0.15, 0.2) is 30.5 Å². The molecule has 0 saturated heterocycles. The van der Waals surface area contributed by atoms with E-state index in [1.165, 1.54) is 29.4 Å². The van der Waals surface area contributed by atoms with Gasteiger partial charge in [-0.15, -0.1) is 0 Å². The Labute approximate surface area is 89.7 Å². The molecule has 0 radical (unpaired) electrons. The maximum Gasteiger partial charge on any atom is 0.0455 e. The fourth-order valence-electron chi connectivity index (χ4n) is 2.40. The highest BCUT2D eigenvalue weighted by molar-refractivity contribution is 5.83. The first-order valence-electron chi connectivity index (χ1n) is 5.65. The first-order chi connectivity index (χ1) is 7.31. The standard InChI is InChI=1S/C13H16N2/c1-9-6-12(7-9)15-11-2-3-13-10(8-11)4-5-14-13/h2-5,8-9,12,14-15H,6-7H2,1H3. The van der Waals surface area contributed by atoms with Crippen molar-refractivity contribution in [2.75, 3.05) is 5.32 Å². The molecule has 1 aromatic carbocycles. The Hall–Kier alpha value is -1.44. The molecule has 0 unspecified atom stereocenters. The molecule has 2 aromatic rings. The zero-order valence-electron chi connectivity index (χ0n) is 8.96. The second-order valence-corrected chi connectivity index (χ2v) is 4.70. The molecule has 0 bridgehead atoms. The van der Waals surface area contributed by atoms with Gasteiger partial charge in [-0.05, 0) is 43.0 Å². The third-order valence-electron chi connectivity index (χ3n) is 3.30. The van der Waals surface area contributed by atoms with Crippen LogP contribution in [0.3, 0.4) is 0 Å². The Morgan fingerprint density at radius 2 is 2.13 bits per heavy atom. The van der Waals surface area contributed by atoms with Gasteiger partial charge in [-0.25, -0.2) is 0 Å². The maximum absolute atomic E-state index is 3.58. The number of rotatable bonds is 2. The first-order valence-corrected chi connectivity index (χ1v) is 5.65. The second-order valence-electron chi connectivity index (χ2n) is 4.70. The van der Waals surface area contributed by atoms with Gasteiger partial charge in [0.05, 0.1) is 0 Å². The van der Waals surface area contributed by atoms with Gasteiger partial charge in [-0.2, -0.15) is 0 Å². The summed E-state index contributed by atoms with van der Waals surface area (Å²) in [6.45, 7) is 2.31. The minimum Gasteiger partial charge on any atom is -0.382 e. The van der Waals surface area contributed by atoms with E-state index in [2.05, 4.69) is 41.5 Å². The van der Waals surface area contributed by atoms with E-state index >= 15 is 0 Å². The molecule has 0 amide bonds. The Balaban J connectivity index is 1.79. The molecule has 2 heteroatoms. The average molecular weight is 200 g/mol. The Morgan fingerprint density at radius 1 is 1.27 bits per heavy atom. The first kappa shape index (κ1) is 8.84. The molecule has 1 heterocycles. The zero-order valence-corrected chi connectivity index (χ0v) is 8.96. The van der Waals surface area contributed by atoms with Gasteiger partial charge in [0.2, 0.25) is 0 Å². The summed E-state index contributed by atoms with van der Waals surface area (Å²) in [6.07, 6.45) is 4.61. The molecule has 1 aromatic heterocycles. The number of hydrogen-bond acceptors (Lipinski definition) is 1. The van der Waals surface area contributed by atoms with Crippen molar-refractivity contribution in [3.8, 4) is 0 Å². The van der Waals surface area contributed by atoms with Gasteiger partial charge in [-0.1, -0.05) is 6.92 Å². The van der Waals surface area contributed by atoms with Crippen LogP contribution in [0.4, 0.5) is 5.69 Å². The van der Waals surface area contributed by atoms with E-state index in [0.29, 0.717) is 6.04 Å². The molecule has 0 spiro atoms. The highest BCUT2D eigenvalue weighted by Crippen LogP contribution is 2.30. The highest BCUT2D eigenvalue weighted by atomic mass is 14.9. The van der Waals surface area contributed by atoms with Crippen LogP contribution in [-0.2, 0) is 0 Å². The lowest BCUT2D eigenvalue weighted by atomic mass is 9.82. The third kappa shape index (κ3) is 1.60. The fraction of sp³-hybridized carbons (Fsp3) is 0.385. The Bertz CT molecular complexity index is 466. The fourth-order valence-corrected chi connectivity index (χ4v) is 2.40. The van der Waals surface area contributed by atoms with E-state index in [0.717, 1.165) is 5.92 Å². The van der Waals surface area contributed by atoms with Gasteiger partial charge < -0.3 is 10.3 Å². The minimum absolute atomic E-state index is 0.691. The SMILES string of the molecule is CC1CC(Nc2ccc3[nH]ccc3c2)C1. The molecular weight excluding hydrogens is 184 g/mol. The van der Waals surface area contributed by atoms with E-state index in [9.17, 15) is 0 Å². The van der Waals surface area contributed by atoms with Gasteiger partial charge in [0.25, 0.3) is 0 Å². The Morgan fingerprint density at radius 3 is 2.93 bits per heavy atom. The number of aromatic amines is 1. The number of benzene rings is 1. The van der Waals surface area contributed by atoms with Crippen LogP contribution < -0.4 is 5.32 Å². The number of nitrogens with one attached hydrogen (secondary N) is 2. The molecule has 78 valence electrons. The van der Waals surface area contributed by atoms with Crippen LogP contribution in [0.2, 0.25) is 0 Å². The quantitative estimate of drug-likeness (QED) is 0.764. The van der Waals surface area contributed by atoms with Gasteiger partial charge in [0.15, 0.2) is 0 Å². The van der Waals surface area contributed by atoms with Crippen molar-refractivity contribution in [3.63, 3.8) is 0 Å². The van der Waals surface area contributed by atoms with E-state index in [1.807, 2.05) is 6.20 Å². The monoisotopic (exact) mass is 200 g/mol. The van der Waals surface area contributed by atoms with E-state index in [-0.39, 0.29) is 0 Å². The smallest absolute Gasteiger partial charge is 0.0455 e. The van der Waals surface area contributed by atoms with Gasteiger partial charge >= 0.3 is 0 Å². The lowest BCUT2D eigenvalue weighted by molar-refractivity contribution is 0.309. The summed E-state index contributed by atoms with van der Waals surface area (Å²) in [5, 5.41) is 4.86. The number of hydrogen-bond donors (Lipinski definition) is 2. The molecule has 2 nitrogen and oxygen atoms in total. The predicted octanol–water partition coefficient (Wildman–Crippen LogP) is 3.38. The molecule has 0 atom stereocenters. The summed E-state index contributed by atoms with van der Waals surface area (Å²) < 4.78 is 0. The predicted molar refractivity (Wildman–Crippen MR) is 64.1 cm³/mol. The molecule has 1 fully saturated rings. The van der Waals surface area contributed by atoms with E-state index < -0.39 is 0 Å². The van der Waals surface area contributed by atoms with Crippen LogP contribution >= 0.6 is 0 Å². The zero-order chi connectivity index (χ0) is 10.3. The van der Waals surface area contributed by atoms with Crippen molar-refractivity contribution in [1.29, 1.82) is 0 Å². The van der Waals surface area contributed by atoms with Crippen molar-refractivity contribution in [3.05, 3.63) is 30.5 Å². The molecular formula is C13H16N2. The average Bonchev–Trinajstić information content (AvgIpc) is 2.62. The molecule has 1 aliphatic carbocycles. The van der Waals surface area contributed by atoms with Crippen molar-refractivity contribution in [1.82, 2.24) is 4.98 Å². The largest absolute Gasteiger partial charge is 0.382 e. The number of H-pyrrole nitrogens is 1. The van der Waals surface area contributed by atoms with Crippen LogP contribution in [0.5, 0.6) is 0 Å². The molecule has 1 saturated carbocycles. The summed E-state index contributed by atoms with van der Waals surface area (Å²) in [5.74, 6) is 0.901. The second kappa shape index (κ2) is 3.30. The van der Waals surface area contributed by atoms with Gasteiger partial charge in [0, 0.05) is 28.8 Å². The van der Waals surface area contributed by atoms with Gasteiger partial charge in [0.1, 0.15) is 0 Å². The molecule has 0 aliphatic heterocycles. The lowest BCUT2D eigenvalue weighted by Crippen LogP contribution is -2.33. The van der Waals surface area contributed by atoms with Crippen LogP contribution in [-0.4, -0.2) is 11.0 Å². The van der Waals surface area contributed by atoms with Crippen molar-refractivity contribution in [2.45, 2.75) is 25.8 Å². The highest BCUT2D eigenvalue weighted by Gasteiger charge is 2.24. The summed E-state index contributed by atoms with van der Waals surface area (Å²) >= 11 is 0. The number of fused-ring (bicyclic) bond motifs is 1. The van der Waals surface area contributed by atoms with Crippen LogP contribution in [0, 0.1) is 5.92 Å². The van der Waals surface area contributed by atoms with Crippen molar-refractivity contribution < 1.29 is 0 Å². The van der Waals surface area contributed by atoms with E-state index in [1.54, 1.807) is 0 Å². The summed E-state index contributed by atoms with van der Waals surface area (Å²) in [5.41, 5.74) is 2.46. The van der Waals surface area contributed by atoms with Gasteiger partial charge in [-0.3, -0.25) is 0 Å². The maximum atomic E-state index is 3.58. The van der Waals surface area contributed by atoms with Crippen molar-refractivity contribution >= 4 is 16.6 Å². The third-order valence-corrected chi connectivity index (χ3v) is 3.30. The summed E-state index contributed by atoms with van der Waals surface area (Å²) in [6, 6.07) is 9.32. The lowest BCUT2D eigenvalue weighted by Gasteiger charge is -2.34. The van der Waals surface area contributed by atoms with Crippen LogP contribution in [0.1, 0.15) is 19.8 Å². The minimum atomic E-state index is 0.691.